The van der Waals surface area contributed by atoms with Crippen LogP contribution in [0, 0.1) is 0 Å². The van der Waals surface area contributed by atoms with E-state index in [9.17, 15) is 4.79 Å². The fraction of sp³-hybridized carbons (Fsp3) is 0.278. The third kappa shape index (κ3) is 4.24. The van der Waals surface area contributed by atoms with E-state index >= 15 is 0 Å². The minimum absolute atomic E-state index is 0.131. The van der Waals surface area contributed by atoms with Gasteiger partial charge in [-0.25, -0.2) is 0 Å². The lowest BCUT2D eigenvalue weighted by molar-refractivity contribution is 0.0682. The molecular formula is C18H18ClNO3. The quantitative estimate of drug-likeness (QED) is 0.895. The first-order chi connectivity index (χ1) is 11.2. The van der Waals surface area contributed by atoms with Crippen molar-refractivity contribution in [2.45, 2.75) is 18.9 Å². The number of nitrogens with one attached hydrogen (secondary N) is 1. The Labute approximate surface area is 140 Å². The molecule has 1 saturated heterocycles. The first kappa shape index (κ1) is 15.8. The van der Waals surface area contributed by atoms with E-state index < -0.39 is 0 Å². The second-order valence-corrected chi connectivity index (χ2v) is 5.84. The van der Waals surface area contributed by atoms with Crippen molar-refractivity contribution in [2.24, 2.45) is 0 Å². The average molecular weight is 332 g/mol. The number of hydrogen-bond donors (Lipinski definition) is 1. The number of carbonyl (C=O) groups excluding carboxylic acids is 1. The first-order valence-electron chi connectivity index (χ1n) is 7.63. The lowest BCUT2D eigenvalue weighted by atomic mass is 10.2. The zero-order valence-corrected chi connectivity index (χ0v) is 13.4. The largest absolute Gasteiger partial charge is 0.489 e. The summed E-state index contributed by atoms with van der Waals surface area (Å²) in [6.45, 7) is 1.28. The van der Waals surface area contributed by atoms with Gasteiger partial charge in [0.15, 0.2) is 0 Å². The summed E-state index contributed by atoms with van der Waals surface area (Å²) in [4.78, 5) is 12.3. The second kappa shape index (κ2) is 7.49. The number of ether oxygens (including phenoxy) is 2. The maximum atomic E-state index is 12.3. The Kier molecular flexibility index (Phi) is 5.16. The standard InChI is InChI=1S/C18H18ClNO3/c19-14-6-3-5-13(11-14)18(21)20-16-8-1-2-9-17(16)23-12-15-7-4-10-22-15/h1-3,5-6,8-9,11,15H,4,7,10,12H2,(H,20,21)/t15-/m1/s1. The molecule has 0 saturated carbocycles. The summed E-state index contributed by atoms with van der Waals surface area (Å²) < 4.78 is 11.4. The Bertz CT molecular complexity index is 683. The highest BCUT2D eigenvalue weighted by Crippen LogP contribution is 2.26. The molecule has 23 heavy (non-hydrogen) atoms. The van der Waals surface area contributed by atoms with Gasteiger partial charge in [-0.15, -0.1) is 0 Å². The minimum Gasteiger partial charge on any atom is -0.489 e. The summed E-state index contributed by atoms with van der Waals surface area (Å²) in [5.41, 5.74) is 1.14. The summed E-state index contributed by atoms with van der Waals surface area (Å²) in [7, 11) is 0. The summed E-state index contributed by atoms with van der Waals surface area (Å²) in [5, 5.41) is 3.39. The van der Waals surface area contributed by atoms with Gasteiger partial charge < -0.3 is 14.8 Å². The lowest BCUT2D eigenvalue weighted by Crippen LogP contribution is -2.18. The van der Waals surface area contributed by atoms with Crippen LogP contribution in [0.15, 0.2) is 48.5 Å². The Morgan fingerprint density at radius 3 is 2.91 bits per heavy atom. The molecule has 120 valence electrons. The Hall–Kier alpha value is -2.04. The molecule has 4 nitrogen and oxygen atoms in total. The molecule has 0 aromatic heterocycles. The van der Waals surface area contributed by atoms with Gasteiger partial charge in [-0.3, -0.25) is 4.79 Å². The maximum absolute atomic E-state index is 12.3. The topological polar surface area (TPSA) is 47.6 Å². The maximum Gasteiger partial charge on any atom is 0.255 e. The lowest BCUT2D eigenvalue weighted by Gasteiger charge is -2.15. The van der Waals surface area contributed by atoms with Gasteiger partial charge in [0.25, 0.3) is 5.91 Å². The molecule has 1 aliphatic rings. The Balaban J connectivity index is 1.68. The van der Waals surface area contributed by atoms with Crippen molar-refractivity contribution in [3.8, 4) is 5.75 Å². The van der Waals surface area contributed by atoms with Crippen molar-refractivity contribution in [1.29, 1.82) is 0 Å². The van der Waals surface area contributed by atoms with Crippen LogP contribution in [0.5, 0.6) is 5.75 Å². The van der Waals surface area contributed by atoms with Gasteiger partial charge in [-0.2, -0.15) is 0 Å². The number of amides is 1. The van der Waals surface area contributed by atoms with Crippen molar-refractivity contribution < 1.29 is 14.3 Å². The SMILES string of the molecule is O=C(Nc1ccccc1OC[C@H]1CCCO1)c1cccc(Cl)c1. The fourth-order valence-corrected chi connectivity index (χ4v) is 2.67. The smallest absolute Gasteiger partial charge is 0.255 e. The van der Waals surface area contributed by atoms with E-state index in [-0.39, 0.29) is 12.0 Å². The predicted molar refractivity (Wildman–Crippen MR) is 90.3 cm³/mol. The number of para-hydroxylation sites is 2. The van der Waals surface area contributed by atoms with E-state index in [1.165, 1.54) is 0 Å². The summed E-state index contributed by atoms with van der Waals surface area (Å²) in [6.07, 6.45) is 2.21. The van der Waals surface area contributed by atoms with E-state index in [1.54, 1.807) is 24.3 Å². The number of halogens is 1. The van der Waals surface area contributed by atoms with Crippen LogP contribution in [0.1, 0.15) is 23.2 Å². The highest BCUT2D eigenvalue weighted by atomic mass is 35.5. The highest BCUT2D eigenvalue weighted by molar-refractivity contribution is 6.31. The van der Waals surface area contributed by atoms with Gasteiger partial charge >= 0.3 is 0 Å². The molecule has 0 unspecified atom stereocenters. The molecule has 1 amide bonds. The van der Waals surface area contributed by atoms with E-state index in [4.69, 9.17) is 21.1 Å². The molecule has 1 aliphatic heterocycles. The van der Waals surface area contributed by atoms with E-state index in [0.717, 1.165) is 19.4 Å². The summed E-state index contributed by atoms with van der Waals surface area (Å²) in [5.74, 6) is 0.416. The van der Waals surface area contributed by atoms with E-state index in [2.05, 4.69) is 5.32 Å². The number of anilines is 1. The molecular weight excluding hydrogens is 314 g/mol. The number of benzene rings is 2. The molecule has 3 rings (SSSR count). The number of rotatable bonds is 5. The minimum atomic E-state index is -0.222. The Morgan fingerprint density at radius 1 is 1.26 bits per heavy atom. The van der Waals surface area contributed by atoms with Crippen LogP contribution >= 0.6 is 11.6 Å². The van der Waals surface area contributed by atoms with Crippen molar-refractivity contribution in [2.75, 3.05) is 18.5 Å². The molecule has 0 bridgehead atoms. The Morgan fingerprint density at radius 2 is 2.13 bits per heavy atom. The third-order valence-corrected chi connectivity index (χ3v) is 3.91. The second-order valence-electron chi connectivity index (χ2n) is 5.41. The average Bonchev–Trinajstić information content (AvgIpc) is 3.07. The van der Waals surface area contributed by atoms with Crippen LogP contribution < -0.4 is 10.1 Å². The van der Waals surface area contributed by atoms with Crippen LogP contribution in [0.3, 0.4) is 0 Å². The van der Waals surface area contributed by atoms with E-state index in [0.29, 0.717) is 28.6 Å². The molecule has 1 fully saturated rings. The van der Waals surface area contributed by atoms with Gasteiger partial charge in [-0.1, -0.05) is 29.8 Å². The van der Waals surface area contributed by atoms with Gasteiger partial charge in [0.2, 0.25) is 0 Å². The molecule has 0 aliphatic carbocycles. The fourth-order valence-electron chi connectivity index (χ4n) is 2.48. The highest BCUT2D eigenvalue weighted by Gasteiger charge is 2.17. The van der Waals surface area contributed by atoms with Crippen LogP contribution in [-0.4, -0.2) is 25.2 Å². The van der Waals surface area contributed by atoms with Crippen molar-refractivity contribution in [3.05, 3.63) is 59.1 Å². The van der Waals surface area contributed by atoms with Crippen LogP contribution in [0.2, 0.25) is 5.02 Å². The normalized spacial score (nSPS) is 17.0. The first-order valence-corrected chi connectivity index (χ1v) is 8.00. The molecule has 1 heterocycles. The molecule has 0 radical (unpaired) electrons. The van der Waals surface area contributed by atoms with Gasteiger partial charge in [0.05, 0.1) is 11.8 Å². The summed E-state index contributed by atoms with van der Waals surface area (Å²) in [6, 6.07) is 14.2. The van der Waals surface area contributed by atoms with Crippen molar-refractivity contribution in [3.63, 3.8) is 0 Å². The molecule has 2 aromatic carbocycles. The zero-order valence-electron chi connectivity index (χ0n) is 12.6. The van der Waals surface area contributed by atoms with Crippen molar-refractivity contribution in [1.82, 2.24) is 0 Å². The zero-order chi connectivity index (χ0) is 16.1. The van der Waals surface area contributed by atoms with Crippen LogP contribution in [0.4, 0.5) is 5.69 Å². The monoisotopic (exact) mass is 331 g/mol. The van der Waals surface area contributed by atoms with Crippen LogP contribution in [0.25, 0.3) is 0 Å². The van der Waals surface area contributed by atoms with Crippen molar-refractivity contribution >= 4 is 23.2 Å². The molecule has 1 atom stereocenters. The number of carbonyl (C=O) groups is 1. The van der Waals surface area contributed by atoms with E-state index in [1.807, 2.05) is 24.3 Å². The third-order valence-electron chi connectivity index (χ3n) is 3.67. The van der Waals surface area contributed by atoms with Crippen LogP contribution in [-0.2, 0) is 4.74 Å². The van der Waals surface area contributed by atoms with Gasteiger partial charge in [0.1, 0.15) is 12.4 Å². The molecule has 1 N–H and O–H groups in total. The predicted octanol–water partition coefficient (Wildman–Crippen LogP) is 4.15. The molecule has 2 aromatic rings. The molecule has 5 heteroatoms. The van der Waals surface area contributed by atoms with Gasteiger partial charge in [-0.05, 0) is 43.2 Å². The number of hydrogen-bond acceptors (Lipinski definition) is 3. The van der Waals surface area contributed by atoms with Gasteiger partial charge in [0, 0.05) is 17.2 Å². The molecule has 0 spiro atoms. The summed E-state index contributed by atoms with van der Waals surface area (Å²) >= 11 is 5.93.